The molecule has 1 aromatic carbocycles. The Morgan fingerprint density at radius 3 is 2.62 bits per heavy atom. The van der Waals surface area contributed by atoms with E-state index in [1.807, 2.05) is 0 Å². The summed E-state index contributed by atoms with van der Waals surface area (Å²) in [5, 5.41) is 3.76. The number of nitrogens with one attached hydrogen (secondary N) is 1. The Kier molecular flexibility index (Phi) is 5.18. The van der Waals surface area contributed by atoms with Crippen LogP contribution in [0, 0.1) is 5.92 Å². The highest BCUT2D eigenvalue weighted by molar-refractivity contribution is 5.37. The third-order valence-corrected chi connectivity index (χ3v) is 5.43. The van der Waals surface area contributed by atoms with Gasteiger partial charge in [0.25, 0.3) is 0 Å². The highest BCUT2D eigenvalue weighted by Crippen LogP contribution is 2.41. The van der Waals surface area contributed by atoms with Crippen LogP contribution in [0.15, 0.2) is 24.3 Å². The summed E-state index contributed by atoms with van der Waals surface area (Å²) >= 11 is 0. The summed E-state index contributed by atoms with van der Waals surface area (Å²) in [6, 6.07) is 9.22. The summed E-state index contributed by atoms with van der Waals surface area (Å²) in [5.74, 6) is 2.74. The summed E-state index contributed by atoms with van der Waals surface area (Å²) in [4.78, 5) is 0. The molecule has 0 saturated heterocycles. The molecule has 1 N–H and O–H groups in total. The lowest BCUT2D eigenvalue weighted by Gasteiger charge is -2.37. The zero-order valence-corrected chi connectivity index (χ0v) is 13.3. The smallest absolute Gasteiger partial charge is 0.122 e. The van der Waals surface area contributed by atoms with E-state index >= 15 is 0 Å². The van der Waals surface area contributed by atoms with Crippen molar-refractivity contribution in [2.45, 2.75) is 63.3 Å². The number of hydrogen-bond donors (Lipinski definition) is 1. The number of ether oxygens (including phenoxy) is 1. The second-order valence-corrected chi connectivity index (χ2v) is 6.85. The average molecular weight is 287 g/mol. The van der Waals surface area contributed by atoms with Gasteiger partial charge in [-0.05, 0) is 49.3 Å². The third kappa shape index (κ3) is 3.79. The minimum atomic E-state index is 0.688. The van der Waals surface area contributed by atoms with Crippen molar-refractivity contribution in [2.75, 3.05) is 13.7 Å². The second kappa shape index (κ2) is 7.31. The summed E-state index contributed by atoms with van der Waals surface area (Å²) in [6.45, 7) is 1.22. The van der Waals surface area contributed by atoms with Crippen molar-refractivity contribution >= 4 is 0 Å². The molecular weight excluding hydrogens is 258 g/mol. The molecule has 2 aliphatic carbocycles. The van der Waals surface area contributed by atoms with Gasteiger partial charge >= 0.3 is 0 Å². The van der Waals surface area contributed by atoms with E-state index in [0.717, 1.165) is 17.7 Å². The fourth-order valence-corrected chi connectivity index (χ4v) is 4.01. The zero-order chi connectivity index (χ0) is 14.5. The normalized spacial score (nSPS) is 26.3. The Morgan fingerprint density at radius 2 is 1.86 bits per heavy atom. The van der Waals surface area contributed by atoms with E-state index in [0.29, 0.717) is 5.92 Å². The van der Waals surface area contributed by atoms with Crippen LogP contribution in [0.5, 0.6) is 5.75 Å². The quantitative estimate of drug-likeness (QED) is 0.831. The van der Waals surface area contributed by atoms with Crippen molar-refractivity contribution in [3.05, 3.63) is 29.8 Å². The Hall–Kier alpha value is -1.02. The molecule has 0 atom stereocenters. The first-order chi connectivity index (χ1) is 10.4. The molecule has 1 aromatic rings. The van der Waals surface area contributed by atoms with Crippen molar-refractivity contribution in [3.63, 3.8) is 0 Å². The van der Waals surface area contributed by atoms with Gasteiger partial charge in [-0.25, -0.2) is 0 Å². The predicted molar refractivity (Wildman–Crippen MR) is 88.0 cm³/mol. The molecule has 0 unspecified atom stereocenters. The van der Waals surface area contributed by atoms with Crippen LogP contribution in [0.1, 0.15) is 62.8 Å². The molecule has 0 spiro atoms. The highest BCUT2D eigenvalue weighted by Gasteiger charge is 2.31. The van der Waals surface area contributed by atoms with Crippen molar-refractivity contribution in [1.82, 2.24) is 5.32 Å². The van der Waals surface area contributed by atoms with Gasteiger partial charge in [-0.3, -0.25) is 0 Å². The molecule has 0 heterocycles. The van der Waals surface area contributed by atoms with E-state index in [2.05, 4.69) is 29.6 Å². The Labute approximate surface area is 129 Å². The van der Waals surface area contributed by atoms with E-state index in [9.17, 15) is 0 Å². The maximum absolute atomic E-state index is 5.48. The number of benzene rings is 1. The minimum Gasteiger partial charge on any atom is -0.496 e. The number of para-hydroxylation sites is 1. The zero-order valence-electron chi connectivity index (χ0n) is 13.3. The maximum atomic E-state index is 5.48. The Balaban J connectivity index is 1.37. The summed E-state index contributed by atoms with van der Waals surface area (Å²) in [7, 11) is 1.78. The molecule has 2 nitrogen and oxygen atoms in total. The topological polar surface area (TPSA) is 21.3 Å². The lowest BCUT2D eigenvalue weighted by atomic mass is 9.75. The number of rotatable bonds is 6. The molecule has 3 rings (SSSR count). The number of methoxy groups -OCH3 is 1. The van der Waals surface area contributed by atoms with Gasteiger partial charge in [0, 0.05) is 6.04 Å². The largest absolute Gasteiger partial charge is 0.496 e. The fraction of sp³-hybridized carbons (Fsp3) is 0.684. The van der Waals surface area contributed by atoms with Crippen LogP contribution >= 0.6 is 0 Å². The van der Waals surface area contributed by atoms with E-state index in [1.54, 1.807) is 7.11 Å². The van der Waals surface area contributed by atoms with Gasteiger partial charge in [0.1, 0.15) is 5.75 Å². The maximum Gasteiger partial charge on any atom is 0.122 e. The van der Waals surface area contributed by atoms with E-state index in [-0.39, 0.29) is 0 Å². The first kappa shape index (κ1) is 14.9. The van der Waals surface area contributed by atoms with Crippen molar-refractivity contribution in [3.8, 4) is 5.75 Å². The van der Waals surface area contributed by atoms with Crippen molar-refractivity contribution < 1.29 is 4.74 Å². The third-order valence-electron chi connectivity index (χ3n) is 5.43. The molecule has 0 amide bonds. The van der Waals surface area contributed by atoms with E-state index < -0.39 is 0 Å². The van der Waals surface area contributed by atoms with Crippen LogP contribution in [-0.2, 0) is 0 Å². The highest BCUT2D eigenvalue weighted by atomic mass is 16.5. The van der Waals surface area contributed by atoms with Gasteiger partial charge in [0.2, 0.25) is 0 Å². The van der Waals surface area contributed by atoms with Crippen LogP contribution in [-0.4, -0.2) is 19.7 Å². The molecule has 21 heavy (non-hydrogen) atoms. The molecule has 2 heteroatoms. The molecule has 116 valence electrons. The SMILES string of the molecule is COc1ccccc1C1CC(NCCC2CCCCC2)C1. The predicted octanol–water partition coefficient (Wildman–Crippen LogP) is 4.50. The standard InChI is InChI=1S/C19H29NO/c1-21-19-10-6-5-9-18(19)16-13-17(14-16)20-12-11-15-7-3-2-4-8-15/h5-6,9-10,15-17,20H,2-4,7-8,11-14H2,1H3. The van der Waals surface area contributed by atoms with Gasteiger partial charge in [0.05, 0.1) is 7.11 Å². The molecule has 0 aromatic heterocycles. The van der Waals surface area contributed by atoms with Crippen molar-refractivity contribution in [2.24, 2.45) is 5.92 Å². The molecule has 2 fully saturated rings. The monoisotopic (exact) mass is 287 g/mol. The lowest BCUT2D eigenvalue weighted by molar-refractivity contribution is 0.266. The lowest BCUT2D eigenvalue weighted by Crippen LogP contribution is -2.41. The van der Waals surface area contributed by atoms with Gasteiger partial charge in [-0.2, -0.15) is 0 Å². The molecule has 2 aliphatic rings. The average Bonchev–Trinajstić information content (AvgIpc) is 2.50. The van der Waals surface area contributed by atoms with Crippen LogP contribution in [0.25, 0.3) is 0 Å². The van der Waals surface area contributed by atoms with E-state index in [1.165, 1.54) is 63.5 Å². The number of hydrogen-bond acceptors (Lipinski definition) is 2. The van der Waals surface area contributed by atoms with Gasteiger partial charge < -0.3 is 10.1 Å². The molecule has 2 saturated carbocycles. The van der Waals surface area contributed by atoms with Gasteiger partial charge in [-0.1, -0.05) is 50.3 Å². The summed E-state index contributed by atoms with van der Waals surface area (Å²) in [5.41, 5.74) is 1.39. The fourth-order valence-electron chi connectivity index (χ4n) is 4.01. The van der Waals surface area contributed by atoms with Crippen molar-refractivity contribution in [1.29, 1.82) is 0 Å². The van der Waals surface area contributed by atoms with Crippen LogP contribution in [0.3, 0.4) is 0 Å². The molecule has 0 bridgehead atoms. The van der Waals surface area contributed by atoms with Gasteiger partial charge in [0.15, 0.2) is 0 Å². The van der Waals surface area contributed by atoms with Crippen LogP contribution in [0.4, 0.5) is 0 Å². The first-order valence-electron chi connectivity index (χ1n) is 8.73. The second-order valence-electron chi connectivity index (χ2n) is 6.85. The molecular formula is C19H29NO. The summed E-state index contributed by atoms with van der Waals surface area (Å²) < 4.78 is 5.48. The first-order valence-corrected chi connectivity index (χ1v) is 8.73. The molecule has 0 aliphatic heterocycles. The van der Waals surface area contributed by atoms with Gasteiger partial charge in [-0.15, -0.1) is 0 Å². The molecule has 0 radical (unpaired) electrons. The Bertz CT molecular complexity index is 433. The van der Waals surface area contributed by atoms with E-state index in [4.69, 9.17) is 4.74 Å². The van der Waals surface area contributed by atoms with Crippen LogP contribution < -0.4 is 10.1 Å². The Morgan fingerprint density at radius 1 is 1.10 bits per heavy atom. The summed E-state index contributed by atoms with van der Waals surface area (Å²) in [6.07, 6.45) is 11.2. The minimum absolute atomic E-state index is 0.688. The van der Waals surface area contributed by atoms with Crippen LogP contribution in [0.2, 0.25) is 0 Å².